The van der Waals surface area contributed by atoms with E-state index in [4.69, 9.17) is 4.74 Å². The predicted octanol–water partition coefficient (Wildman–Crippen LogP) is 3.70. The second-order valence-corrected chi connectivity index (χ2v) is 7.44. The van der Waals surface area contributed by atoms with Gasteiger partial charge in [0.25, 0.3) is 0 Å². The third-order valence-corrected chi connectivity index (χ3v) is 4.86. The fourth-order valence-corrected chi connectivity index (χ4v) is 3.17. The fraction of sp³-hybridized carbons (Fsp3) is 0.381. The average molecular weight is 514 g/mol. The number of para-hydroxylation sites is 1. The van der Waals surface area contributed by atoms with E-state index in [-0.39, 0.29) is 24.0 Å². The van der Waals surface area contributed by atoms with Crippen LogP contribution in [0.3, 0.4) is 0 Å². The molecule has 0 aliphatic rings. The molecule has 0 radical (unpaired) electrons. The van der Waals surface area contributed by atoms with Crippen molar-refractivity contribution in [2.45, 2.75) is 11.4 Å². The second kappa shape index (κ2) is 14.5. The van der Waals surface area contributed by atoms with Gasteiger partial charge in [-0.1, -0.05) is 36.4 Å². The summed E-state index contributed by atoms with van der Waals surface area (Å²) in [6.07, 6.45) is 0. The van der Waals surface area contributed by atoms with Crippen molar-refractivity contribution in [2.75, 3.05) is 46.6 Å². The van der Waals surface area contributed by atoms with E-state index >= 15 is 0 Å². The normalized spacial score (nSPS) is 11.1. The van der Waals surface area contributed by atoms with Crippen molar-refractivity contribution >= 4 is 41.7 Å². The Hall–Kier alpha value is -1.45. The van der Waals surface area contributed by atoms with E-state index in [0.29, 0.717) is 13.2 Å². The summed E-state index contributed by atoms with van der Waals surface area (Å²) in [7, 11) is 5.88. The molecule has 0 fully saturated rings. The molecule has 0 heterocycles. The summed E-state index contributed by atoms with van der Waals surface area (Å²) in [5.41, 5.74) is 1.12. The van der Waals surface area contributed by atoms with E-state index in [9.17, 15) is 0 Å². The van der Waals surface area contributed by atoms with Crippen molar-refractivity contribution in [2.24, 2.45) is 4.99 Å². The first-order valence-corrected chi connectivity index (χ1v) is 10.2. The van der Waals surface area contributed by atoms with Gasteiger partial charge >= 0.3 is 0 Å². The maximum atomic E-state index is 5.92. The number of aliphatic imine (C=N–C) groups is 1. The van der Waals surface area contributed by atoms with E-state index in [2.05, 4.69) is 50.9 Å². The summed E-state index contributed by atoms with van der Waals surface area (Å²) < 4.78 is 5.92. The van der Waals surface area contributed by atoms with Gasteiger partial charge in [0.1, 0.15) is 12.4 Å². The van der Waals surface area contributed by atoms with Crippen molar-refractivity contribution in [1.29, 1.82) is 0 Å². The zero-order valence-electron chi connectivity index (χ0n) is 16.9. The summed E-state index contributed by atoms with van der Waals surface area (Å²) in [6.45, 7) is 3.08. The Kier molecular flexibility index (Phi) is 12.8. The Morgan fingerprint density at radius 1 is 1.04 bits per heavy atom. The number of rotatable bonds is 10. The van der Waals surface area contributed by atoms with Crippen LogP contribution in [0.2, 0.25) is 0 Å². The minimum absolute atomic E-state index is 0. The maximum Gasteiger partial charge on any atom is 0.191 e. The van der Waals surface area contributed by atoms with Crippen LogP contribution in [-0.2, 0) is 6.54 Å². The molecule has 2 rings (SSSR count). The summed E-state index contributed by atoms with van der Waals surface area (Å²) >= 11 is 1.83. The number of hydrogen-bond acceptors (Lipinski definition) is 4. The molecule has 0 unspecified atom stereocenters. The lowest BCUT2D eigenvalue weighted by Crippen LogP contribution is -2.38. The minimum atomic E-state index is 0. The van der Waals surface area contributed by atoms with Gasteiger partial charge in [0.2, 0.25) is 0 Å². The van der Waals surface area contributed by atoms with Crippen molar-refractivity contribution in [3.63, 3.8) is 0 Å². The predicted molar refractivity (Wildman–Crippen MR) is 131 cm³/mol. The summed E-state index contributed by atoms with van der Waals surface area (Å²) in [6, 6.07) is 18.6. The molecule has 5 nitrogen and oxygen atoms in total. The first-order chi connectivity index (χ1) is 13.2. The molecule has 154 valence electrons. The number of nitrogens with one attached hydrogen (secondary N) is 2. The number of likely N-dealkylation sites (N-methyl/N-ethyl adjacent to an activating group) is 1. The Morgan fingerprint density at radius 3 is 2.46 bits per heavy atom. The van der Waals surface area contributed by atoms with Crippen molar-refractivity contribution in [3.05, 3.63) is 60.2 Å². The molecule has 0 aliphatic heterocycles. The van der Waals surface area contributed by atoms with Gasteiger partial charge in [0, 0.05) is 42.9 Å². The van der Waals surface area contributed by atoms with Crippen LogP contribution >= 0.6 is 35.7 Å². The quantitative estimate of drug-likeness (QED) is 0.167. The number of halogens is 1. The SMILES string of the molecule is CN=C(NCCSc1ccccc1)NCc1ccccc1OCCN(C)C.I. The molecule has 0 saturated carbocycles. The van der Waals surface area contributed by atoms with Gasteiger partial charge in [0.15, 0.2) is 5.96 Å². The molecule has 2 aromatic carbocycles. The van der Waals surface area contributed by atoms with Crippen LogP contribution in [0.5, 0.6) is 5.75 Å². The van der Waals surface area contributed by atoms with Gasteiger partial charge in [-0.3, -0.25) is 4.99 Å². The largest absolute Gasteiger partial charge is 0.492 e. The third kappa shape index (κ3) is 9.66. The number of ether oxygens (including phenoxy) is 1. The first kappa shape index (κ1) is 24.6. The fourth-order valence-electron chi connectivity index (χ4n) is 2.38. The van der Waals surface area contributed by atoms with Gasteiger partial charge in [-0.2, -0.15) is 0 Å². The minimum Gasteiger partial charge on any atom is -0.492 e. The summed E-state index contributed by atoms with van der Waals surface area (Å²) in [5.74, 6) is 2.70. The molecular formula is C21H31IN4OS. The van der Waals surface area contributed by atoms with Crippen LogP contribution < -0.4 is 15.4 Å². The lowest BCUT2D eigenvalue weighted by molar-refractivity contribution is 0.259. The molecule has 2 N–H and O–H groups in total. The van der Waals surface area contributed by atoms with E-state index in [1.165, 1.54) is 4.90 Å². The van der Waals surface area contributed by atoms with Gasteiger partial charge in [-0.25, -0.2) is 0 Å². The van der Waals surface area contributed by atoms with Gasteiger partial charge in [0.05, 0.1) is 0 Å². The highest BCUT2D eigenvalue weighted by molar-refractivity contribution is 14.0. The molecule has 0 saturated heterocycles. The highest BCUT2D eigenvalue weighted by Crippen LogP contribution is 2.18. The molecule has 0 amide bonds. The van der Waals surface area contributed by atoms with Crippen LogP contribution in [0.4, 0.5) is 0 Å². The molecule has 7 heteroatoms. The van der Waals surface area contributed by atoms with Gasteiger partial charge < -0.3 is 20.3 Å². The van der Waals surface area contributed by atoms with E-state index in [1.807, 2.05) is 50.1 Å². The summed E-state index contributed by atoms with van der Waals surface area (Å²) in [5, 5.41) is 6.72. The lowest BCUT2D eigenvalue weighted by atomic mass is 10.2. The molecular weight excluding hydrogens is 483 g/mol. The van der Waals surface area contributed by atoms with Crippen LogP contribution in [0, 0.1) is 0 Å². The van der Waals surface area contributed by atoms with Crippen molar-refractivity contribution in [3.8, 4) is 5.75 Å². The van der Waals surface area contributed by atoms with Crippen LogP contribution in [0.1, 0.15) is 5.56 Å². The lowest BCUT2D eigenvalue weighted by Gasteiger charge is -2.16. The Labute approximate surface area is 190 Å². The Bertz CT molecular complexity index is 698. The molecule has 0 atom stereocenters. The molecule has 0 bridgehead atoms. The monoisotopic (exact) mass is 514 g/mol. The number of benzene rings is 2. The van der Waals surface area contributed by atoms with Crippen LogP contribution in [-0.4, -0.2) is 57.5 Å². The smallest absolute Gasteiger partial charge is 0.191 e. The third-order valence-electron chi connectivity index (χ3n) is 3.85. The number of nitrogens with zero attached hydrogens (tertiary/aromatic N) is 2. The van der Waals surface area contributed by atoms with Crippen molar-refractivity contribution in [1.82, 2.24) is 15.5 Å². The van der Waals surface area contributed by atoms with Gasteiger partial charge in [-0.05, 0) is 32.3 Å². The van der Waals surface area contributed by atoms with Gasteiger partial charge in [-0.15, -0.1) is 35.7 Å². The molecule has 0 aromatic heterocycles. The van der Waals surface area contributed by atoms with Crippen molar-refractivity contribution < 1.29 is 4.74 Å². The molecule has 2 aromatic rings. The number of guanidine groups is 1. The standard InChI is InChI=1S/C21H30N4OS.HI/c1-22-21(23-13-16-27-19-10-5-4-6-11-19)24-17-18-9-7-8-12-20(18)26-15-14-25(2)3;/h4-12H,13-17H2,1-3H3,(H2,22,23,24);1H. The number of thioether (sulfide) groups is 1. The highest BCUT2D eigenvalue weighted by atomic mass is 127. The Balaban J connectivity index is 0.00000392. The topological polar surface area (TPSA) is 48.9 Å². The molecule has 0 aliphatic carbocycles. The second-order valence-electron chi connectivity index (χ2n) is 6.27. The van der Waals surface area contributed by atoms with E-state index in [0.717, 1.165) is 36.1 Å². The molecule has 0 spiro atoms. The molecule has 28 heavy (non-hydrogen) atoms. The zero-order valence-corrected chi connectivity index (χ0v) is 20.0. The first-order valence-electron chi connectivity index (χ1n) is 9.17. The van der Waals surface area contributed by atoms with E-state index in [1.54, 1.807) is 7.05 Å². The zero-order chi connectivity index (χ0) is 19.3. The van der Waals surface area contributed by atoms with Crippen LogP contribution in [0.25, 0.3) is 0 Å². The number of hydrogen-bond donors (Lipinski definition) is 2. The average Bonchev–Trinajstić information content (AvgIpc) is 2.69. The van der Waals surface area contributed by atoms with E-state index < -0.39 is 0 Å². The maximum absolute atomic E-state index is 5.92. The summed E-state index contributed by atoms with van der Waals surface area (Å²) in [4.78, 5) is 7.69. The van der Waals surface area contributed by atoms with Crippen LogP contribution in [0.15, 0.2) is 64.5 Å². The highest BCUT2D eigenvalue weighted by Gasteiger charge is 2.05. The Morgan fingerprint density at radius 2 is 1.75 bits per heavy atom.